The van der Waals surface area contributed by atoms with Gasteiger partial charge in [-0.1, -0.05) is 48.5 Å². The second kappa shape index (κ2) is 5.57. The predicted octanol–water partition coefficient (Wildman–Crippen LogP) is 0.577. The lowest BCUT2D eigenvalue weighted by molar-refractivity contribution is -0.438. The van der Waals surface area contributed by atoms with Gasteiger partial charge in [-0.05, 0) is 17.7 Å². The molecule has 1 heterocycles. The van der Waals surface area contributed by atoms with Crippen molar-refractivity contribution in [3.8, 4) is 0 Å². The quantitative estimate of drug-likeness (QED) is 0.853. The monoisotopic (exact) mass is 266 g/mol. The molecule has 2 aromatic carbocycles. The van der Waals surface area contributed by atoms with Crippen molar-refractivity contribution in [2.45, 2.75) is 6.54 Å². The van der Waals surface area contributed by atoms with Crippen LogP contribution >= 0.6 is 0 Å². The maximum Gasteiger partial charge on any atom is 0.358 e. The van der Waals surface area contributed by atoms with E-state index in [0.29, 0.717) is 13.1 Å². The maximum absolute atomic E-state index is 12.0. The molecule has 0 bridgehead atoms. The van der Waals surface area contributed by atoms with Crippen LogP contribution in [-0.4, -0.2) is 23.3 Å². The lowest BCUT2D eigenvalue weighted by atomic mass is 10.2. The molecule has 1 aliphatic rings. The third-order valence-corrected chi connectivity index (χ3v) is 3.20. The highest BCUT2D eigenvalue weighted by Crippen LogP contribution is 2.09. The van der Waals surface area contributed by atoms with Crippen LogP contribution < -0.4 is 10.3 Å². The van der Waals surface area contributed by atoms with Crippen molar-refractivity contribution in [3.05, 3.63) is 66.2 Å². The molecule has 0 radical (unpaired) electrons. The van der Waals surface area contributed by atoms with Crippen molar-refractivity contribution < 1.29 is 9.79 Å². The number of nitrogens with one attached hydrogen (secondary N) is 2. The molecule has 2 N–H and O–H groups in total. The number of carbonyl (C=O) groups excluding carboxylic acids is 1. The number of amides is 1. The van der Waals surface area contributed by atoms with E-state index in [1.165, 1.54) is 0 Å². The smallest absolute Gasteiger partial charge is 0.266 e. The van der Waals surface area contributed by atoms with Gasteiger partial charge in [0.25, 0.3) is 0 Å². The Balaban J connectivity index is 1.75. The second-order valence-electron chi connectivity index (χ2n) is 4.66. The van der Waals surface area contributed by atoms with Gasteiger partial charge in [0.15, 0.2) is 6.54 Å². The molecular formula is C16H16N3O+. The number of benzene rings is 2. The minimum Gasteiger partial charge on any atom is -0.266 e. The first-order valence-electron chi connectivity index (χ1n) is 6.60. The van der Waals surface area contributed by atoms with Crippen LogP contribution in [0.25, 0.3) is 0 Å². The standard InChI is InChI=1S/C16H15N3O/c20-15-11-17-16(18-14-9-5-2-6-10-14)19(15)12-13-7-3-1-4-8-13/h1-10H,11-12H2,(H,17,18)/p+1. The highest BCUT2D eigenvalue weighted by atomic mass is 16.2. The molecule has 0 unspecified atom stereocenters. The van der Waals surface area contributed by atoms with Gasteiger partial charge in [0.05, 0.1) is 5.69 Å². The summed E-state index contributed by atoms with van der Waals surface area (Å²) in [6.45, 7) is 0.907. The Hall–Kier alpha value is -2.62. The van der Waals surface area contributed by atoms with E-state index in [1.54, 1.807) is 4.90 Å². The molecule has 2 aromatic rings. The Morgan fingerprint density at radius 1 is 1.00 bits per heavy atom. The summed E-state index contributed by atoms with van der Waals surface area (Å²) in [6, 6.07) is 19.8. The fourth-order valence-electron chi connectivity index (χ4n) is 2.18. The van der Waals surface area contributed by atoms with E-state index in [4.69, 9.17) is 0 Å². The number of para-hydroxylation sites is 1. The third kappa shape index (κ3) is 2.69. The summed E-state index contributed by atoms with van der Waals surface area (Å²) in [4.78, 5) is 16.8. The van der Waals surface area contributed by atoms with Crippen molar-refractivity contribution in [1.82, 2.24) is 4.90 Å². The first-order chi connectivity index (χ1) is 9.83. The fraction of sp³-hybridized carbons (Fsp3) is 0.125. The predicted molar refractivity (Wildman–Crippen MR) is 77.9 cm³/mol. The van der Waals surface area contributed by atoms with Gasteiger partial charge in [0.1, 0.15) is 6.54 Å². The number of nitrogens with zero attached hydrogens (tertiary/aromatic N) is 1. The molecule has 100 valence electrons. The molecule has 0 saturated carbocycles. The number of rotatable bonds is 3. The van der Waals surface area contributed by atoms with Gasteiger partial charge < -0.3 is 0 Å². The van der Waals surface area contributed by atoms with Gasteiger partial charge in [-0.2, -0.15) is 4.90 Å². The van der Waals surface area contributed by atoms with Crippen molar-refractivity contribution in [3.63, 3.8) is 0 Å². The van der Waals surface area contributed by atoms with Crippen LogP contribution in [0.1, 0.15) is 5.56 Å². The average Bonchev–Trinajstić information content (AvgIpc) is 2.83. The van der Waals surface area contributed by atoms with E-state index in [2.05, 4.69) is 10.3 Å². The van der Waals surface area contributed by atoms with Gasteiger partial charge >= 0.3 is 11.9 Å². The van der Waals surface area contributed by atoms with Crippen molar-refractivity contribution in [2.24, 2.45) is 0 Å². The summed E-state index contributed by atoms with van der Waals surface area (Å²) < 4.78 is 0. The molecule has 0 aliphatic carbocycles. The highest BCUT2D eigenvalue weighted by Gasteiger charge is 2.32. The van der Waals surface area contributed by atoms with Crippen LogP contribution in [0.5, 0.6) is 0 Å². The molecule has 20 heavy (non-hydrogen) atoms. The van der Waals surface area contributed by atoms with Crippen molar-refractivity contribution in [2.75, 3.05) is 11.9 Å². The number of hydrogen-bond donors (Lipinski definition) is 2. The largest absolute Gasteiger partial charge is 0.358 e. The van der Waals surface area contributed by atoms with E-state index in [-0.39, 0.29) is 5.91 Å². The molecule has 1 amide bonds. The van der Waals surface area contributed by atoms with Crippen LogP contribution in [0, 0.1) is 0 Å². The zero-order valence-electron chi connectivity index (χ0n) is 11.0. The number of guanidine groups is 1. The Labute approximate surface area is 117 Å². The molecule has 1 aliphatic heterocycles. The molecular weight excluding hydrogens is 250 g/mol. The van der Waals surface area contributed by atoms with Gasteiger partial charge in [-0.25, -0.2) is 5.32 Å². The van der Waals surface area contributed by atoms with Gasteiger partial charge in [-0.15, -0.1) is 0 Å². The van der Waals surface area contributed by atoms with Crippen LogP contribution in [0.3, 0.4) is 0 Å². The summed E-state index contributed by atoms with van der Waals surface area (Å²) in [5.74, 6) is 0.817. The minimum atomic E-state index is 0.0762. The van der Waals surface area contributed by atoms with E-state index >= 15 is 0 Å². The normalized spacial score (nSPS) is 14.3. The summed E-state index contributed by atoms with van der Waals surface area (Å²) in [5, 5.41) is 3.25. The zero-order valence-corrected chi connectivity index (χ0v) is 11.0. The molecule has 3 rings (SSSR count). The molecule has 0 aromatic heterocycles. The summed E-state index contributed by atoms with van der Waals surface area (Å²) in [6.07, 6.45) is 0. The molecule has 0 spiro atoms. The van der Waals surface area contributed by atoms with Crippen LogP contribution in [0.15, 0.2) is 60.7 Å². The molecule has 0 fully saturated rings. The Morgan fingerprint density at radius 3 is 2.35 bits per heavy atom. The molecule has 4 nitrogen and oxygen atoms in total. The number of carbonyl (C=O) groups is 1. The van der Waals surface area contributed by atoms with Gasteiger partial charge in [0.2, 0.25) is 0 Å². The third-order valence-electron chi connectivity index (χ3n) is 3.20. The SMILES string of the molecule is O=C1C[NH+]=C(Nc2ccccc2)N1Cc1ccccc1. The topological polar surface area (TPSA) is 46.3 Å². The van der Waals surface area contributed by atoms with E-state index in [0.717, 1.165) is 17.2 Å². The average molecular weight is 266 g/mol. The molecule has 0 saturated heterocycles. The molecule has 0 atom stereocenters. The Bertz CT molecular complexity index is 623. The summed E-state index contributed by atoms with van der Waals surface area (Å²) >= 11 is 0. The molecule has 4 heteroatoms. The van der Waals surface area contributed by atoms with Gasteiger partial charge in [-0.3, -0.25) is 9.79 Å². The zero-order chi connectivity index (χ0) is 13.8. The van der Waals surface area contributed by atoms with E-state index in [9.17, 15) is 4.79 Å². The summed E-state index contributed by atoms with van der Waals surface area (Å²) in [7, 11) is 0. The minimum absolute atomic E-state index is 0.0762. The first kappa shape index (κ1) is 12.4. The number of hydrogen-bond acceptors (Lipinski definition) is 2. The highest BCUT2D eigenvalue weighted by molar-refractivity contribution is 6.03. The van der Waals surface area contributed by atoms with Gasteiger partial charge in [0, 0.05) is 0 Å². The fourth-order valence-corrected chi connectivity index (χ4v) is 2.18. The maximum atomic E-state index is 12.0. The van der Waals surface area contributed by atoms with Crippen LogP contribution in [-0.2, 0) is 11.3 Å². The Kier molecular flexibility index (Phi) is 3.46. The Morgan fingerprint density at radius 2 is 1.65 bits per heavy atom. The lowest BCUT2D eigenvalue weighted by Gasteiger charge is -2.12. The van der Waals surface area contributed by atoms with E-state index < -0.39 is 0 Å². The van der Waals surface area contributed by atoms with Crippen LogP contribution in [0.2, 0.25) is 0 Å². The number of anilines is 1. The summed E-state index contributed by atoms with van der Waals surface area (Å²) in [5.41, 5.74) is 2.07. The lowest BCUT2D eigenvalue weighted by Crippen LogP contribution is -2.72. The van der Waals surface area contributed by atoms with Crippen LogP contribution in [0.4, 0.5) is 5.69 Å². The second-order valence-corrected chi connectivity index (χ2v) is 4.66. The first-order valence-corrected chi connectivity index (χ1v) is 6.60. The van der Waals surface area contributed by atoms with Crippen molar-refractivity contribution >= 4 is 17.6 Å². The van der Waals surface area contributed by atoms with E-state index in [1.807, 2.05) is 60.7 Å². The van der Waals surface area contributed by atoms with Crippen molar-refractivity contribution in [1.29, 1.82) is 0 Å².